The lowest BCUT2D eigenvalue weighted by atomic mass is 10.1. The number of carbonyl (C=O) groups is 1. The minimum Gasteiger partial charge on any atom is -0.384 e. The van der Waals surface area contributed by atoms with E-state index in [1.165, 1.54) is 0 Å². The molecule has 0 aliphatic heterocycles. The Morgan fingerprint density at radius 2 is 2.07 bits per heavy atom. The van der Waals surface area contributed by atoms with E-state index in [0.29, 0.717) is 18.8 Å². The number of carbonyl (C=O) groups excluding carboxylic acids is 1. The van der Waals surface area contributed by atoms with Crippen LogP contribution < -0.4 is 4.90 Å². The smallest absolute Gasteiger partial charge is 0.227 e. The molecule has 7 heteroatoms. The van der Waals surface area contributed by atoms with Gasteiger partial charge in [-0.3, -0.25) is 4.79 Å². The summed E-state index contributed by atoms with van der Waals surface area (Å²) in [6.45, 7) is 2.06. The monoisotopic (exact) mass is 361 g/mol. The number of aromatic nitrogens is 4. The SMILES string of the molecule is CCC(=O)N(Cc1cccc(C#CCO)c1)c1cccc(-c2nn[nH]n2)c1. The van der Waals surface area contributed by atoms with Gasteiger partial charge < -0.3 is 10.0 Å². The van der Waals surface area contributed by atoms with Crippen LogP contribution in [0.3, 0.4) is 0 Å². The lowest BCUT2D eigenvalue weighted by Crippen LogP contribution is -2.29. The van der Waals surface area contributed by atoms with Crippen molar-refractivity contribution in [3.05, 3.63) is 59.7 Å². The van der Waals surface area contributed by atoms with Crippen LogP contribution in [0, 0.1) is 11.8 Å². The molecule has 136 valence electrons. The van der Waals surface area contributed by atoms with Gasteiger partial charge in [-0.15, -0.1) is 10.2 Å². The number of hydrogen-bond acceptors (Lipinski definition) is 5. The van der Waals surface area contributed by atoms with Crippen molar-refractivity contribution in [3.8, 4) is 23.2 Å². The Bertz CT molecular complexity index is 973. The van der Waals surface area contributed by atoms with E-state index in [1.54, 1.807) is 4.90 Å². The number of aromatic amines is 1. The van der Waals surface area contributed by atoms with Gasteiger partial charge in [0.2, 0.25) is 11.7 Å². The van der Waals surface area contributed by atoms with E-state index in [-0.39, 0.29) is 12.5 Å². The van der Waals surface area contributed by atoms with Crippen molar-refractivity contribution in [2.24, 2.45) is 0 Å². The first kappa shape index (κ1) is 18.3. The van der Waals surface area contributed by atoms with Crippen LogP contribution in [0.1, 0.15) is 24.5 Å². The Hall–Kier alpha value is -3.50. The molecule has 2 aromatic carbocycles. The third-order valence-corrected chi connectivity index (χ3v) is 3.94. The summed E-state index contributed by atoms with van der Waals surface area (Å²) < 4.78 is 0. The molecule has 1 heterocycles. The molecular formula is C20H19N5O2. The second-order valence-corrected chi connectivity index (χ2v) is 5.78. The fraction of sp³-hybridized carbons (Fsp3) is 0.200. The summed E-state index contributed by atoms with van der Waals surface area (Å²) in [7, 11) is 0. The molecule has 0 unspecified atom stereocenters. The number of nitrogens with zero attached hydrogens (tertiary/aromatic N) is 4. The molecule has 0 radical (unpaired) electrons. The fourth-order valence-electron chi connectivity index (χ4n) is 2.68. The molecule has 3 aromatic rings. The van der Waals surface area contributed by atoms with Gasteiger partial charge in [0.15, 0.2) is 0 Å². The zero-order valence-electron chi connectivity index (χ0n) is 14.9. The normalized spacial score (nSPS) is 10.1. The average Bonchev–Trinajstić information content (AvgIpc) is 3.25. The predicted octanol–water partition coefficient (Wildman–Crippen LogP) is 2.15. The van der Waals surface area contributed by atoms with Gasteiger partial charge in [-0.25, -0.2) is 0 Å². The van der Waals surface area contributed by atoms with E-state index in [9.17, 15) is 4.79 Å². The highest BCUT2D eigenvalue weighted by Crippen LogP contribution is 2.24. The van der Waals surface area contributed by atoms with Gasteiger partial charge in [-0.1, -0.05) is 43.0 Å². The fourth-order valence-corrected chi connectivity index (χ4v) is 2.68. The molecule has 3 rings (SSSR count). The maximum Gasteiger partial charge on any atom is 0.227 e. The highest BCUT2D eigenvalue weighted by molar-refractivity contribution is 5.93. The summed E-state index contributed by atoms with van der Waals surface area (Å²) in [6, 6.07) is 15.1. The molecule has 0 fully saturated rings. The second kappa shape index (κ2) is 8.74. The Morgan fingerprint density at radius 1 is 1.22 bits per heavy atom. The quantitative estimate of drug-likeness (QED) is 0.679. The minimum absolute atomic E-state index is 0.00658. The standard InChI is InChI=1S/C20H19N5O2/c1-2-19(27)25(14-16-7-3-6-15(12-16)8-5-11-26)18-10-4-9-17(13-18)20-21-23-24-22-20/h3-4,6-7,9-10,12-13,26H,2,11,14H2,1H3,(H,21,22,23,24). The van der Waals surface area contributed by atoms with Crippen LogP contribution in [0.15, 0.2) is 48.5 Å². The van der Waals surface area contributed by atoms with Crippen LogP contribution in [0.2, 0.25) is 0 Å². The molecule has 0 spiro atoms. The van der Waals surface area contributed by atoms with Crippen molar-refractivity contribution in [2.45, 2.75) is 19.9 Å². The van der Waals surface area contributed by atoms with Gasteiger partial charge in [0.1, 0.15) is 6.61 Å². The number of nitrogens with one attached hydrogen (secondary N) is 1. The lowest BCUT2D eigenvalue weighted by Gasteiger charge is -2.23. The van der Waals surface area contributed by atoms with Crippen molar-refractivity contribution in [3.63, 3.8) is 0 Å². The summed E-state index contributed by atoms with van der Waals surface area (Å²) in [4.78, 5) is 14.3. The van der Waals surface area contributed by atoms with Gasteiger partial charge in [0, 0.05) is 23.2 Å². The third kappa shape index (κ3) is 4.57. The summed E-state index contributed by atoms with van der Waals surface area (Å²) in [5.41, 5.74) is 3.28. The maximum atomic E-state index is 12.6. The summed E-state index contributed by atoms with van der Waals surface area (Å²) >= 11 is 0. The van der Waals surface area contributed by atoms with E-state index in [4.69, 9.17) is 5.11 Å². The zero-order chi connectivity index (χ0) is 19.1. The van der Waals surface area contributed by atoms with Crippen LogP contribution in [0.5, 0.6) is 0 Å². The molecule has 0 aliphatic rings. The predicted molar refractivity (Wildman–Crippen MR) is 102 cm³/mol. The molecule has 0 saturated carbocycles. The molecule has 0 bridgehead atoms. The Balaban J connectivity index is 1.91. The van der Waals surface area contributed by atoms with E-state index in [2.05, 4.69) is 32.5 Å². The first-order valence-electron chi connectivity index (χ1n) is 8.54. The minimum atomic E-state index is -0.187. The van der Waals surface area contributed by atoms with E-state index in [0.717, 1.165) is 22.4 Å². The van der Waals surface area contributed by atoms with Gasteiger partial charge in [-0.05, 0) is 35.0 Å². The Kier molecular flexibility index (Phi) is 5.92. The van der Waals surface area contributed by atoms with Crippen LogP contribution in [0.25, 0.3) is 11.4 Å². The van der Waals surface area contributed by atoms with E-state index in [1.807, 2.05) is 55.5 Å². The topological polar surface area (TPSA) is 95.0 Å². The number of amides is 1. The van der Waals surface area contributed by atoms with Crippen LogP contribution in [-0.4, -0.2) is 38.2 Å². The van der Waals surface area contributed by atoms with Gasteiger partial charge >= 0.3 is 0 Å². The number of benzene rings is 2. The largest absolute Gasteiger partial charge is 0.384 e. The van der Waals surface area contributed by atoms with Gasteiger partial charge in [-0.2, -0.15) is 5.21 Å². The number of aliphatic hydroxyl groups excluding tert-OH is 1. The van der Waals surface area contributed by atoms with E-state index >= 15 is 0 Å². The molecule has 1 amide bonds. The first-order chi connectivity index (χ1) is 13.2. The Morgan fingerprint density at radius 3 is 2.81 bits per heavy atom. The molecule has 0 atom stereocenters. The van der Waals surface area contributed by atoms with Crippen molar-refractivity contribution in [1.29, 1.82) is 0 Å². The van der Waals surface area contributed by atoms with Crippen molar-refractivity contribution in [1.82, 2.24) is 20.6 Å². The van der Waals surface area contributed by atoms with Crippen LogP contribution >= 0.6 is 0 Å². The molecule has 2 N–H and O–H groups in total. The van der Waals surface area contributed by atoms with Gasteiger partial charge in [0.25, 0.3) is 0 Å². The average molecular weight is 361 g/mol. The zero-order valence-corrected chi connectivity index (χ0v) is 14.9. The van der Waals surface area contributed by atoms with Crippen molar-refractivity contribution < 1.29 is 9.90 Å². The molecule has 1 aromatic heterocycles. The molecule has 0 aliphatic carbocycles. The number of tetrazole rings is 1. The highest BCUT2D eigenvalue weighted by Gasteiger charge is 2.16. The summed E-state index contributed by atoms with van der Waals surface area (Å²) in [5.74, 6) is 6.00. The first-order valence-corrected chi connectivity index (χ1v) is 8.54. The molecule has 0 saturated heterocycles. The van der Waals surface area contributed by atoms with Gasteiger partial charge in [0.05, 0.1) is 6.54 Å². The van der Waals surface area contributed by atoms with Crippen LogP contribution in [-0.2, 0) is 11.3 Å². The summed E-state index contributed by atoms with van der Waals surface area (Å²) in [5, 5.41) is 22.8. The van der Waals surface area contributed by atoms with Crippen molar-refractivity contribution in [2.75, 3.05) is 11.5 Å². The number of anilines is 1. The lowest BCUT2D eigenvalue weighted by molar-refractivity contribution is -0.118. The summed E-state index contributed by atoms with van der Waals surface area (Å²) in [6.07, 6.45) is 0.385. The molecule has 27 heavy (non-hydrogen) atoms. The highest BCUT2D eigenvalue weighted by atomic mass is 16.2. The number of hydrogen-bond donors (Lipinski definition) is 2. The van der Waals surface area contributed by atoms with Crippen LogP contribution in [0.4, 0.5) is 5.69 Å². The second-order valence-electron chi connectivity index (χ2n) is 5.78. The van der Waals surface area contributed by atoms with E-state index < -0.39 is 0 Å². The molecular weight excluding hydrogens is 342 g/mol. The third-order valence-electron chi connectivity index (χ3n) is 3.94. The number of H-pyrrole nitrogens is 1. The number of aliphatic hydroxyl groups is 1. The Labute approximate surface area is 157 Å². The number of rotatable bonds is 5. The van der Waals surface area contributed by atoms with Crippen molar-refractivity contribution >= 4 is 11.6 Å². The maximum absolute atomic E-state index is 12.6. The molecule has 7 nitrogen and oxygen atoms in total.